The molecule has 0 aromatic carbocycles. The molecule has 72 valence electrons. The van der Waals surface area contributed by atoms with E-state index < -0.39 is 0 Å². The molecule has 1 heteroatoms. The smallest absolute Gasteiger partial charge is 0.107 e. The fourth-order valence-corrected chi connectivity index (χ4v) is 2.21. The lowest BCUT2D eigenvalue weighted by Gasteiger charge is -2.19. The molecule has 1 heterocycles. The molecule has 0 spiro atoms. The van der Waals surface area contributed by atoms with E-state index in [-0.39, 0.29) is 5.60 Å². The molecule has 1 aliphatic carbocycles. The molecule has 0 unspecified atom stereocenters. The van der Waals surface area contributed by atoms with Crippen LogP contribution in [0, 0.1) is 0 Å². The highest BCUT2D eigenvalue weighted by atomic mass is 16.5. The van der Waals surface area contributed by atoms with E-state index in [1.54, 1.807) is 5.57 Å². The topological polar surface area (TPSA) is 9.23 Å². The zero-order valence-electron chi connectivity index (χ0n) is 8.81. The van der Waals surface area contributed by atoms with Gasteiger partial charge in [0, 0.05) is 12.8 Å². The number of hydrogen-bond donors (Lipinski definition) is 0. The van der Waals surface area contributed by atoms with Crippen molar-refractivity contribution in [2.45, 2.75) is 52.1 Å². The van der Waals surface area contributed by atoms with Gasteiger partial charge in [0.25, 0.3) is 0 Å². The molecular weight excluding hydrogens is 160 g/mol. The van der Waals surface area contributed by atoms with Crippen molar-refractivity contribution in [3.63, 3.8) is 0 Å². The monoisotopic (exact) mass is 178 g/mol. The molecule has 0 radical (unpaired) electrons. The maximum Gasteiger partial charge on any atom is 0.107 e. The first-order valence-corrected chi connectivity index (χ1v) is 5.21. The summed E-state index contributed by atoms with van der Waals surface area (Å²) in [6.45, 7) is 6.58. The van der Waals surface area contributed by atoms with E-state index in [9.17, 15) is 0 Å². The highest BCUT2D eigenvalue weighted by Gasteiger charge is 2.32. The maximum absolute atomic E-state index is 5.88. The summed E-state index contributed by atoms with van der Waals surface area (Å²) >= 11 is 0. The molecule has 0 saturated heterocycles. The summed E-state index contributed by atoms with van der Waals surface area (Å²) in [6, 6.07) is 0. The molecule has 13 heavy (non-hydrogen) atoms. The van der Waals surface area contributed by atoms with Crippen molar-refractivity contribution in [3.8, 4) is 0 Å². The third-order valence-corrected chi connectivity index (χ3v) is 2.88. The lowest BCUT2D eigenvalue weighted by molar-refractivity contribution is 0.0569. The van der Waals surface area contributed by atoms with Crippen LogP contribution in [0.1, 0.15) is 46.5 Å². The van der Waals surface area contributed by atoms with Gasteiger partial charge in [-0.05, 0) is 32.3 Å². The Balaban J connectivity index is 2.20. The lowest BCUT2D eigenvalue weighted by Crippen LogP contribution is -2.17. The summed E-state index contributed by atoms with van der Waals surface area (Å²) in [4.78, 5) is 0. The Morgan fingerprint density at radius 3 is 2.85 bits per heavy atom. The van der Waals surface area contributed by atoms with E-state index in [1.807, 2.05) is 0 Å². The normalized spacial score (nSPS) is 25.3. The molecule has 1 aliphatic heterocycles. The summed E-state index contributed by atoms with van der Waals surface area (Å²) < 4.78 is 5.88. The molecule has 0 aromatic heterocycles. The van der Waals surface area contributed by atoms with Crippen molar-refractivity contribution in [1.29, 1.82) is 0 Å². The standard InChI is InChI=1S/C12H18O/c1-4-9-5-6-11-10(7-9)8-12(2,3)13-11/h7H,4-6,8H2,1-3H3. The molecule has 0 atom stereocenters. The summed E-state index contributed by atoms with van der Waals surface area (Å²) in [5.74, 6) is 1.25. The minimum atomic E-state index is 0.0460. The van der Waals surface area contributed by atoms with Gasteiger partial charge in [-0.1, -0.05) is 18.6 Å². The minimum Gasteiger partial charge on any atom is -0.492 e. The van der Waals surface area contributed by atoms with E-state index >= 15 is 0 Å². The van der Waals surface area contributed by atoms with Gasteiger partial charge in [-0.3, -0.25) is 0 Å². The van der Waals surface area contributed by atoms with Gasteiger partial charge >= 0.3 is 0 Å². The Morgan fingerprint density at radius 2 is 2.15 bits per heavy atom. The third kappa shape index (κ3) is 1.65. The summed E-state index contributed by atoms with van der Waals surface area (Å²) in [5.41, 5.74) is 3.08. The number of hydrogen-bond acceptors (Lipinski definition) is 1. The first-order chi connectivity index (χ1) is 6.11. The van der Waals surface area contributed by atoms with Crippen molar-refractivity contribution in [3.05, 3.63) is 23.0 Å². The summed E-state index contributed by atoms with van der Waals surface area (Å²) in [6.07, 6.45) is 6.96. The second kappa shape index (κ2) is 2.90. The first-order valence-electron chi connectivity index (χ1n) is 5.21. The van der Waals surface area contributed by atoms with Crippen molar-refractivity contribution < 1.29 is 4.74 Å². The predicted molar refractivity (Wildman–Crippen MR) is 54.4 cm³/mol. The van der Waals surface area contributed by atoms with Gasteiger partial charge < -0.3 is 4.74 Å². The molecule has 0 bridgehead atoms. The number of allylic oxidation sites excluding steroid dienone is 3. The SMILES string of the molecule is CCC1=CC2=C(CC1)OC(C)(C)C2. The molecule has 2 aliphatic rings. The van der Waals surface area contributed by atoms with Gasteiger partial charge in [-0.2, -0.15) is 0 Å². The van der Waals surface area contributed by atoms with Crippen LogP contribution < -0.4 is 0 Å². The molecule has 0 N–H and O–H groups in total. The van der Waals surface area contributed by atoms with Crippen LogP contribution in [-0.2, 0) is 4.74 Å². The predicted octanol–water partition coefficient (Wildman–Crippen LogP) is 3.57. The molecule has 0 aromatic rings. The zero-order chi connectivity index (χ0) is 9.47. The van der Waals surface area contributed by atoms with Gasteiger partial charge in [-0.25, -0.2) is 0 Å². The summed E-state index contributed by atoms with van der Waals surface area (Å²) in [7, 11) is 0. The van der Waals surface area contributed by atoms with Crippen molar-refractivity contribution in [2.24, 2.45) is 0 Å². The molecular formula is C12H18O. The maximum atomic E-state index is 5.88. The van der Waals surface area contributed by atoms with Gasteiger partial charge in [0.1, 0.15) is 11.4 Å². The van der Waals surface area contributed by atoms with E-state index in [2.05, 4.69) is 26.8 Å². The number of rotatable bonds is 1. The van der Waals surface area contributed by atoms with E-state index in [4.69, 9.17) is 4.74 Å². The molecule has 0 amide bonds. The largest absolute Gasteiger partial charge is 0.492 e. The molecule has 1 nitrogen and oxygen atoms in total. The van der Waals surface area contributed by atoms with Crippen molar-refractivity contribution >= 4 is 0 Å². The third-order valence-electron chi connectivity index (χ3n) is 2.88. The van der Waals surface area contributed by atoms with Crippen molar-refractivity contribution in [2.75, 3.05) is 0 Å². The minimum absolute atomic E-state index is 0.0460. The first kappa shape index (κ1) is 8.86. The lowest BCUT2D eigenvalue weighted by atomic mass is 9.93. The fourth-order valence-electron chi connectivity index (χ4n) is 2.21. The van der Waals surface area contributed by atoms with E-state index in [0.717, 1.165) is 12.8 Å². The van der Waals surface area contributed by atoms with Crippen LogP contribution in [0.25, 0.3) is 0 Å². The zero-order valence-corrected chi connectivity index (χ0v) is 8.81. The van der Waals surface area contributed by atoms with Gasteiger partial charge in [0.2, 0.25) is 0 Å². The van der Waals surface area contributed by atoms with Crippen LogP contribution in [0.5, 0.6) is 0 Å². The van der Waals surface area contributed by atoms with Crippen LogP contribution in [-0.4, -0.2) is 5.60 Å². The molecule has 0 saturated carbocycles. The van der Waals surface area contributed by atoms with E-state index in [1.165, 1.54) is 24.2 Å². The highest BCUT2D eigenvalue weighted by Crippen LogP contribution is 2.40. The van der Waals surface area contributed by atoms with Crippen LogP contribution in [0.3, 0.4) is 0 Å². The second-order valence-electron chi connectivity index (χ2n) is 4.64. The molecule has 2 rings (SSSR count). The van der Waals surface area contributed by atoms with Crippen molar-refractivity contribution in [1.82, 2.24) is 0 Å². The van der Waals surface area contributed by atoms with E-state index in [0.29, 0.717) is 0 Å². The average molecular weight is 178 g/mol. The Bertz CT molecular complexity index is 281. The van der Waals surface area contributed by atoms with Gasteiger partial charge in [-0.15, -0.1) is 0 Å². The van der Waals surface area contributed by atoms with Crippen LogP contribution in [0.2, 0.25) is 0 Å². The van der Waals surface area contributed by atoms with Gasteiger partial charge in [0.05, 0.1) is 0 Å². The Kier molecular flexibility index (Phi) is 1.98. The fraction of sp³-hybridized carbons (Fsp3) is 0.667. The molecule has 0 fully saturated rings. The highest BCUT2D eigenvalue weighted by molar-refractivity contribution is 5.35. The van der Waals surface area contributed by atoms with Crippen LogP contribution >= 0.6 is 0 Å². The number of ether oxygens (including phenoxy) is 1. The Labute approximate surface area is 80.5 Å². The second-order valence-corrected chi connectivity index (χ2v) is 4.64. The van der Waals surface area contributed by atoms with Crippen LogP contribution in [0.15, 0.2) is 23.0 Å². The Morgan fingerprint density at radius 1 is 1.38 bits per heavy atom. The van der Waals surface area contributed by atoms with Crippen LogP contribution in [0.4, 0.5) is 0 Å². The average Bonchev–Trinajstić information content (AvgIpc) is 2.36. The Hall–Kier alpha value is -0.720. The summed E-state index contributed by atoms with van der Waals surface area (Å²) in [5, 5.41) is 0. The van der Waals surface area contributed by atoms with Gasteiger partial charge in [0.15, 0.2) is 0 Å². The quantitative estimate of drug-likeness (QED) is 0.596.